The van der Waals surface area contributed by atoms with Gasteiger partial charge >= 0.3 is 5.97 Å². The number of piperidine rings is 1. The van der Waals surface area contributed by atoms with Gasteiger partial charge in [-0.25, -0.2) is 0 Å². The Hall–Kier alpha value is -2.04. The quantitative estimate of drug-likeness (QED) is 0.798. The third kappa shape index (κ3) is 3.78. The summed E-state index contributed by atoms with van der Waals surface area (Å²) in [7, 11) is 3.05. The third-order valence-electron chi connectivity index (χ3n) is 4.20. The number of rotatable bonds is 4. The van der Waals surface area contributed by atoms with Crippen LogP contribution in [0.1, 0.15) is 24.0 Å². The SMILES string of the molecule is COC(=O)C1CCN(C(=O)Cc2ccc(OC)c(C)c2)CC1. The highest BCUT2D eigenvalue weighted by molar-refractivity contribution is 5.79. The van der Waals surface area contributed by atoms with E-state index in [1.165, 1.54) is 7.11 Å². The van der Waals surface area contributed by atoms with Gasteiger partial charge in [0.2, 0.25) is 5.91 Å². The minimum Gasteiger partial charge on any atom is -0.496 e. The van der Waals surface area contributed by atoms with Crippen LogP contribution in [0, 0.1) is 12.8 Å². The van der Waals surface area contributed by atoms with E-state index < -0.39 is 0 Å². The van der Waals surface area contributed by atoms with Crippen molar-refractivity contribution in [1.82, 2.24) is 4.90 Å². The van der Waals surface area contributed by atoms with Gasteiger partial charge in [-0.3, -0.25) is 9.59 Å². The van der Waals surface area contributed by atoms with Crippen molar-refractivity contribution in [2.24, 2.45) is 5.92 Å². The second kappa shape index (κ2) is 7.29. The van der Waals surface area contributed by atoms with E-state index in [1.54, 1.807) is 7.11 Å². The fourth-order valence-electron chi connectivity index (χ4n) is 2.87. The zero-order chi connectivity index (χ0) is 16.1. The molecule has 0 N–H and O–H groups in total. The average Bonchev–Trinajstić information content (AvgIpc) is 2.54. The van der Waals surface area contributed by atoms with Crippen LogP contribution in [0.3, 0.4) is 0 Å². The van der Waals surface area contributed by atoms with Crippen LogP contribution < -0.4 is 4.74 Å². The Labute approximate surface area is 131 Å². The van der Waals surface area contributed by atoms with E-state index in [9.17, 15) is 9.59 Å². The molecule has 0 spiro atoms. The highest BCUT2D eigenvalue weighted by Gasteiger charge is 2.27. The molecule has 0 bridgehead atoms. The third-order valence-corrected chi connectivity index (χ3v) is 4.20. The molecule has 1 saturated heterocycles. The Balaban J connectivity index is 1.91. The number of methoxy groups -OCH3 is 2. The van der Waals surface area contributed by atoms with E-state index in [-0.39, 0.29) is 17.8 Å². The van der Waals surface area contributed by atoms with E-state index in [0.29, 0.717) is 32.4 Å². The number of carbonyl (C=O) groups excluding carboxylic acids is 2. The summed E-state index contributed by atoms with van der Waals surface area (Å²) >= 11 is 0. The van der Waals surface area contributed by atoms with Gasteiger partial charge in [0, 0.05) is 13.1 Å². The molecule has 1 fully saturated rings. The lowest BCUT2D eigenvalue weighted by molar-refractivity contribution is -0.148. The van der Waals surface area contributed by atoms with Gasteiger partial charge < -0.3 is 14.4 Å². The Kier molecular flexibility index (Phi) is 5.41. The molecule has 22 heavy (non-hydrogen) atoms. The van der Waals surface area contributed by atoms with Crippen LogP contribution in [0.4, 0.5) is 0 Å². The normalized spacial score (nSPS) is 15.5. The smallest absolute Gasteiger partial charge is 0.308 e. The first-order valence-corrected chi connectivity index (χ1v) is 7.54. The van der Waals surface area contributed by atoms with Crippen molar-refractivity contribution in [1.29, 1.82) is 0 Å². The predicted molar refractivity (Wildman–Crippen MR) is 82.8 cm³/mol. The van der Waals surface area contributed by atoms with Crippen LogP contribution in [0.2, 0.25) is 0 Å². The number of amides is 1. The largest absolute Gasteiger partial charge is 0.496 e. The van der Waals surface area contributed by atoms with Crippen molar-refractivity contribution < 1.29 is 19.1 Å². The summed E-state index contributed by atoms with van der Waals surface area (Å²) in [4.78, 5) is 25.7. The minimum absolute atomic E-state index is 0.0720. The first kappa shape index (κ1) is 16.3. The number of ether oxygens (including phenoxy) is 2. The molecular weight excluding hydrogens is 282 g/mol. The molecular formula is C17H23NO4. The van der Waals surface area contributed by atoms with Crippen molar-refractivity contribution in [3.05, 3.63) is 29.3 Å². The van der Waals surface area contributed by atoms with Crippen LogP contribution >= 0.6 is 0 Å². The summed E-state index contributed by atoms with van der Waals surface area (Å²) in [6.45, 7) is 3.20. The minimum atomic E-state index is -0.169. The van der Waals surface area contributed by atoms with Gasteiger partial charge in [0.05, 0.1) is 26.6 Å². The van der Waals surface area contributed by atoms with E-state index in [2.05, 4.69) is 0 Å². The molecule has 1 aliphatic rings. The number of likely N-dealkylation sites (tertiary alicyclic amines) is 1. The number of benzene rings is 1. The molecule has 1 heterocycles. The predicted octanol–water partition coefficient (Wildman–Crippen LogP) is 1.96. The molecule has 5 heteroatoms. The number of hydrogen-bond acceptors (Lipinski definition) is 4. The van der Waals surface area contributed by atoms with Crippen LogP contribution in [0.15, 0.2) is 18.2 Å². The van der Waals surface area contributed by atoms with Gasteiger partial charge in [-0.05, 0) is 37.0 Å². The maximum absolute atomic E-state index is 12.4. The van der Waals surface area contributed by atoms with Crippen molar-refractivity contribution >= 4 is 11.9 Å². The molecule has 0 unspecified atom stereocenters. The molecule has 1 aromatic carbocycles. The maximum Gasteiger partial charge on any atom is 0.308 e. The second-order valence-corrected chi connectivity index (χ2v) is 5.66. The Morgan fingerprint density at radius 1 is 1.23 bits per heavy atom. The Morgan fingerprint density at radius 2 is 1.91 bits per heavy atom. The van der Waals surface area contributed by atoms with Crippen LogP contribution in [-0.4, -0.2) is 44.1 Å². The van der Waals surface area contributed by atoms with Gasteiger partial charge in [-0.1, -0.05) is 12.1 Å². The van der Waals surface area contributed by atoms with Crippen molar-refractivity contribution in [2.75, 3.05) is 27.3 Å². The van der Waals surface area contributed by atoms with Gasteiger partial charge in [0.15, 0.2) is 0 Å². The summed E-state index contributed by atoms with van der Waals surface area (Å²) in [5.41, 5.74) is 2.01. The molecule has 5 nitrogen and oxygen atoms in total. The first-order valence-electron chi connectivity index (χ1n) is 7.54. The molecule has 0 aliphatic carbocycles. The zero-order valence-corrected chi connectivity index (χ0v) is 13.4. The molecule has 1 aromatic rings. The van der Waals surface area contributed by atoms with Crippen molar-refractivity contribution in [3.8, 4) is 5.75 Å². The summed E-state index contributed by atoms with van der Waals surface area (Å²) < 4.78 is 9.99. The molecule has 0 aromatic heterocycles. The van der Waals surface area contributed by atoms with Crippen LogP contribution in [-0.2, 0) is 20.7 Å². The summed E-state index contributed by atoms with van der Waals surface area (Å²) in [6.07, 6.45) is 1.74. The monoisotopic (exact) mass is 305 g/mol. The van der Waals surface area contributed by atoms with Crippen LogP contribution in [0.5, 0.6) is 5.75 Å². The summed E-state index contributed by atoms with van der Waals surface area (Å²) in [5, 5.41) is 0. The fourth-order valence-corrected chi connectivity index (χ4v) is 2.87. The number of hydrogen-bond donors (Lipinski definition) is 0. The lowest BCUT2D eigenvalue weighted by atomic mass is 9.96. The topological polar surface area (TPSA) is 55.8 Å². The van der Waals surface area contributed by atoms with E-state index in [1.807, 2.05) is 30.0 Å². The first-order chi connectivity index (χ1) is 10.5. The highest BCUT2D eigenvalue weighted by atomic mass is 16.5. The number of carbonyl (C=O) groups is 2. The number of esters is 1. The molecule has 0 radical (unpaired) electrons. The lowest BCUT2D eigenvalue weighted by Gasteiger charge is -2.30. The fraction of sp³-hybridized carbons (Fsp3) is 0.529. The molecule has 120 valence electrons. The standard InChI is InChI=1S/C17H23NO4/c1-12-10-13(4-5-15(12)21-2)11-16(19)18-8-6-14(7-9-18)17(20)22-3/h4-5,10,14H,6-9,11H2,1-3H3. The van der Waals surface area contributed by atoms with Crippen molar-refractivity contribution in [3.63, 3.8) is 0 Å². The molecule has 1 amide bonds. The summed E-state index contributed by atoms with van der Waals surface area (Å²) in [5.74, 6) is 0.693. The molecule has 2 rings (SSSR count). The van der Waals surface area contributed by atoms with Gasteiger partial charge in [-0.2, -0.15) is 0 Å². The molecule has 0 atom stereocenters. The lowest BCUT2D eigenvalue weighted by Crippen LogP contribution is -2.41. The van der Waals surface area contributed by atoms with Crippen molar-refractivity contribution in [2.45, 2.75) is 26.2 Å². The highest BCUT2D eigenvalue weighted by Crippen LogP contribution is 2.21. The Morgan fingerprint density at radius 3 is 2.45 bits per heavy atom. The number of aryl methyl sites for hydroxylation is 1. The zero-order valence-electron chi connectivity index (χ0n) is 13.4. The van der Waals surface area contributed by atoms with Gasteiger partial charge in [-0.15, -0.1) is 0 Å². The van der Waals surface area contributed by atoms with E-state index in [4.69, 9.17) is 9.47 Å². The maximum atomic E-state index is 12.4. The Bertz CT molecular complexity index is 548. The average molecular weight is 305 g/mol. The molecule has 1 aliphatic heterocycles. The number of nitrogens with zero attached hydrogens (tertiary/aromatic N) is 1. The van der Waals surface area contributed by atoms with E-state index >= 15 is 0 Å². The van der Waals surface area contributed by atoms with Gasteiger partial charge in [0.25, 0.3) is 0 Å². The second-order valence-electron chi connectivity index (χ2n) is 5.66. The molecule has 0 saturated carbocycles. The van der Waals surface area contributed by atoms with E-state index in [0.717, 1.165) is 16.9 Å². The van der Waals surface area contributed by atoms with Crippen LogP contribution in [0.25, 0.3) is 0 Å². The van der Waals surface area contributed by atoms with Gasteiger partial charge in [0.1, 0.15) is 5.75 Å². The summed E-state index contributed by atoms with van der Waals surface area (Å²) in [6, 6.07) is 5.80.